The summed E-state index contributed by atoms with van der Waals surface area (Å²) in [6.45, 7) is 2.91. The summed E-state index contributed by atoms with van der Waals surface area (Å²) < 4.78 is 6.83. The summed E-state index contributed by atoms with van der Waals surface area (Å²) in [5.41, 5.74) is 2.86. The number of halogens is 2. The van der Waals surface area contributed by atoms with Gasteiger partial charge in [0, 0.05) is 46.9 Å². The van der Waals surface area contributed by atoms with Crippen molar-refractivity contribution in [3.05, 3.63) is 99.0 Å². The summed E-state index contributed by atoms with van der Waals surface area (Å²) >= 11 is 9.43. The largest absolute Gasteiger partial charge is 0.488 e. The number of carbonyl (C=O) groups is 1. The molecular formula is C27H23BrClN3O2. The van der Waals surface area contributed by atoms with E-state index in [1.54, 1.807) is 11.0 Å². The van der Waals surface area contributed by atoms with Crippen molar-refractivity contribution >= 4 is 45.2 Å². The van der Waals surface area contributed by atoms with Gasteiger partial charge in [0.2, 0.25) is 0 Å². The summed E-state index contributed by atoms with van der Waals surface area (Å²) in [6, 6.07) is 25.2. The van der Waals surface area contributed by atoms with Crippen molar-refractivity contribution in [3.8, 4) is 11.8 Å². The van der Waals surface area contributed by atoms with E-state index in [-0.39, 0.29) is 11.5 Å². The quantitative estimate of drug-likeness (QED) is 0.289. The van der Waals surface area contributed by atoms with Crippen LogP contribution in [0.15, 0.2) is 82.8 Å². The van der Waals surface area contributed by atoms with Crippen molar-refractivity contribution in [3.63, 3.8) is 0 Å². The summed E-state index contributed by atoms with van der Waals surface area (Å²) in [6.07, 6.45) is 1.61. The molecule has 7 heteroatoms. The molecule has 1 saturated heterocycles. The zero-order chi connectivity index (χ0) is 23.9. The number of carbonyl (C=O) groups excluding carboxylic acids is 1. The third-order valence-electron chi connectivity index (χ3n) is 5.62. The minimum absolute atomic E-state index is 0.0857. The number of rotatable bonds is 6. The van der Waals surface area contributed by atoms with E-state index in [1.165, 1.54) is 0 Å². The maximum absolute atomic E-state index is 13.1. The van der Waals surface area contributed by atoms with Gasteiger partial charge in [-0.2, -0.15) is 5.26 Å². The number of piperazine rings is 1. The molecule has 3 aromatic rings. The first kappa shape index (κ1) is 23.9. The number of hydrogen-bond acceptors (Lipinski definition) is 4. The zero-order valence-corrected chi connectivity index (χ0v) is 20.8. The summed E-state index contributed by atoms with van der Waals surface area (Å²) in [5, 5.41) is 10.4. The van der Waals surface area contributed by atoms with Gasteiger partial charge in [0.25, 0.3) is 5.91 Å². The molecule has 0 atom stereocenters. The van der Waals surface area contributed by atoms with Gasteiger partial charge in [0.15, 0.2) is 0 Å². The smallest absolute Gasteiger partial charge is 0.264 e. The van der Waals surface area contributed by atoms with Gasteiger partial charge in [-0.05, 0) is 54.1 Å². The Morgan fingerprint density at radius 2 is 1.74 bits per heavy atom. The molecule has 4 rings (SSSR count). The highest BCUT2D eigenvalue weighted by atomic mass is 79.9. The lowest BCUT2D eigenvalue weighted by Crippen LogP contribution is -2.49. The van der Waals surface area contributed by atoms with Crippen LogP contribution in [0.5, 0.6) is 5.75 Å². The number of anilines is 1. The van der Waals surface area contributed by atoms with Crippen LogP contribution in [0.1, 0.15) is 11.1 Å². The Hall–Kier alpha value is -3.27. The van der Waals surface area contributed by atoms with Crippen molar-refractivity contribution in [1.29, 1.82) is 5.26 Å². The van der Waals surface area contributed by atoms with Gasteiger partial charge >= 0.3 is 0 Å². The first-order valence-corrected chi connectivity index (χ1v) is 12.1. The monoisotopic (exact) mass is 535 g/mol. The molecule has 0 radical (unpaired) electrons. The number of ether oxygens (including phenoxy) is 1. The van der Waals surface area contributed by atoms with Crippen molar-refractivity contribution in [1.82, 2.24) is 4.90 Å². The molecule has 3 aromatic carbocycles. The molecule has 0 N–H and O–H groups in total. The number of hydrogen-bond donors (Lipinski definition) is 0. The maximum atomic E-state index is 13.1. The van der Waals surface area contributed by atoms with Crippen molar-refractivity contribution < 1.29 is 9.53 Å². The SMILES string of the molecule is N#C/C(=C/c1cc(Br)ccc1OCc1ccc(Cl)cc1)C(=O)N1CCN(c2ccccc2)CC1. The molecule has 0 aromatic heterocycles. The average molecular weight is 537 g/mol. The second-order valence-corrected chi connectivity index (χ2v) is 9.23. The molecule has 5 nitrogen and oxygen atoms in total. The van der Waals surface area contributed by atoms with Crippen LogP contribution >= 0.6 is 27.5 Å². The van der Waals surface area contributed by atoms with Gasteiger partial charge in [-0.1, -0.05) is 57.9 Å². The molecular weight excluding hydrogens is 514 g/mol. The predicted octanol–water partition coefficient (Wildman–Crippen LogP) is 5.94. The lowest BCUT2D eigenvalue weighted by molar-refractivity contribution is -0.126. The first-order valence-electron chi connectivity index (χ1n) is 10.9. The van der Waals surface area contributed by atoms with E-state index in [0.717, 1.165) is 28.8 Å². The summed E-state index contributed by atoms with van der Waals surface area (Å²) in [5.74, 6) is 0.325. The van der Waals surface area contributed by atoms with E-state index in [2.05, 4.69) is 39.0 Å². The Bertz CT molecular complexity index is 1210. The van der Waals surface area contributed by atoms with E-state index in [9.17, 15) is 10.1 Å². The van der Waals surface area contributed by atoms with Gasteiger partial charge < -0.3 is 14.5 Å². The van der Waals surface area contributed by atoms with Crippen LogP contribution in [-0.2, 0) is 11.4 Å². The third kappa shape index (κ3) is 5.99. The molecule has 1 amide bonds. The van der Waals surface area contributed by atoms with Crippen molar-refractivity contribution in [2.75, 3.05) is 31.1 Å². The van der Waals surface area contributed by atoms with Crippen molar-refractivity contribution in [2.45, 2.75) is 6.61 Å². The number of para-hydroxylation sites is 1. The average Bonchev–Trinajstić information content (AvgIpc) is 2.88. The van der Waals surface area contributed by atoms with Gasteiger partial charge in [0.05, 0.1) is 0 Å². The maximum Gasteiger partial charge on any atom is 0.264 e. The molecule has 0 aliphatic carbocycles. The van der Waals surface area contributed by atoms with E-state index in [4.69, 9.17) is 16.3 Å². The van der Waals surface area contributed by atoms with Crippen LogP contribution < -0.4 is 9.64 Å². The highest BCUT2D eigenvalue weighted by molar-refractivity contribution is 9.10. The van der Waals surface area contributed by atoms with E-state index in [0.29, 0.717) is 36.0 Å². The molecule has 0 saturated carbocycles. The first-order chi connectivity index (χ1) is 16.5. The number of amides is 1. The standard InChI is InChI=1S/C27H23BrClN3O2/c28-23-8-11-26(34-19-20-6-9-24(29)10-7-20)21(17-23)16-22(18-30)27(33)32-14-12-31(13-15-32)25-4-2-1-3-5-25/h1-11,16-17H,12-15,19H2/b22-16-. The molecule has 34 heavy (non-hydrogen) atoms. The van der Waals surface area contributed by atoms with Crippen LogP contribution in [0, 0.1) is 11.3 Å². The Labute approximate surface area is 212 Å². The third-order valence-corrected chi connectivity index (χ3v) is 6.36. The minimum atomic E-state index is -0.265. The van der Waals surface area contributed by atoms with Gasteiger partial charge in [-0.15, -0.1) is 0 Å². The Morgan fingerprint density at radius 1 is 1.03 bits per heavy atom. The molecule has 1 aliphatic heterocycles. The second-order valence-electron chi connectivity index (χ2n) is 7.88. The predicted molar refractivity (Wildman–Crippen MR) is 139 cm³/mol. The fraction of sp³-hybridized carbons (Fsp3) is 0.185. The number of nitrogens with zero attached hydrogens (tertiary/aromatic N) is 3. The molecule has 1 aliphatic rings. The molecule has 0 unspecified atom stereocenters. The normalized spacial score (nSPS) is 14.0. The molecule has 1 fully saturated rings. The fourth-order valence-corrected chi connectivity index (χ4v) is 4.28. The molecule has 0 bridgehead atoms. The van der Waals surface area contributed by atoms with Gasteiger partial charge in [-0.25, -0.2) is 0 Å². The second kappa shape index (κ2) is 11.2. The summed E-state index contributed by atoms with van der Waals surface area (Å²) in [7, 11) is 0. The highest BCUT2D eigenvalue weighted by Gasteiger charge is 2.24. The Kier molecular flexibility index (Phi) is 7.89. The van der Waals surface area contributed by atoms with Gasteiger partial charge in [0.1, 0.15) is 24.0 Å². The van der Waals surface area contributed by atoms with Crippen LogP contribution in [0.4, 0.5) is 5.69 Å². The van der Waals surface area contributed by atoms with E-state index in [1.807, 2.05) is 60.7 Å². The van der Waals surface area contributed by atoms with Crippen LogP contribution in [0.3, 0.4) is 0 Å². The lowest BCUT2D eigenvalue weighted by atomic mass is 10.1. The molecule has 0 spiro atoms. The minimum Gasteiger partial charge on any atom is -0.488 e. The number of benzene rings is 3. The zero-order valence-electron chi connectivity index (χ0n) is 18.5. The topological polar surface area (TPSA) is 56.6 Å². The van der Waals surface area contributed by atoms with E-state index < -0.39 is 0 Å². The number of nitriles is 1. The fourth-order valence-electron chi connectivity index (χ4n) is 3.78. The highest BCUT2D eigenvalue weighted by Crippen LogP contribution is 2.27. The Balaban J connectivity index is 1.47. The van der Waals surface area contributed by atoms with E-state index >= 15 is 0 Å². The van der Waals surface area contributed by atoms with Gasteiger partial charge in [-0.3, -0.25) is 4.79 Å². The Morgan fingerprint density at radius 3 is 2.41 bits per heavy atom. The van der Waals surface area contributed by atoms with Crippen molar-refractivity contribution in [2.24, 2.45) is 0 Å². The van der Waals surface area contributed by atoms with Crippen LogP contribution in [-0.4, -0.2) is 37.0 Å². The van der Waals surface area contributed by atoms with Crippen LogP contribution in [0.25, 0.3) is 6.08 Å². The molecule has 1 heterocycles. The lowest BCUT2D eigenvalue weighted by Gasteiger charge is -2.36. The summed E-state index contributed by atoms with van der Waals surface area (Å²) in [4.78, 5) is 17.1. The molecule has 172 valence electrons. The van der Waals surface area contributed by atoms with Crippen LogP contribution in [0.2, 0.25) is 5.02 Å².